The Kier molecular flexibility index (Phi) is 5.05. The van der Waals surface area contributed by atoms with E-state index >= 15 is 0 Å². The molecule has 8 heteroatoms. The number of ether oxygens (including phenoxy) is 1. The molecule has 1 fully saturated rings. The van der Waals surface area contributed by atoms with Gasteiger partial charge in [-0.2, -0.15) is 0 Å². The second kappa shape index (κ2) is 7.04. The van der Waals surface area contributed by atoms with E-state index in [1.165, 1.54) is 22.7 Å². The van der Waals surface area contributed by atoms with Crippen molar-refractivity contribution in [2.24, 2.45) is 0 Å². The number of anilines is 1. The maximum atomic E-state index is 12.1. The second-order valence-corrected chi connectivity index (χ2v) is 7.72. The van der Waals surface area contributed by atoms with E-state index in [9.17, 15) is 4.79 Å². The van der Waals surface area contributed by atoms with Crippen LogP contribution in [0, 0.1) is 6.92 Å². The molecular weight excluding hydrogens is 332 g/mol. The highest BCUT2D eigenvalue weighted by Gasteiger charge is 2.23. The maximum absolute atomic E-state index is 12.1. The van der Waals surface area contributed by atoms with Crippen LogP contribution in [0.3, 0.4) is 0 Å². The number of rotatable bonds is 4. The number of hydrogen-bond acceptors (Lipinski definition) is 7. The summed E-state index contributed by atoms with van der Waals surface area (Å²) in [6.45, 7) is 8.65. The third-order valence-electron chi connectivity index (χ3n) is 3.50. The largest absolute Gasteiger partial charge is 0.373 e. The van der Waals surface area contributed by atoms with Gasteiger partial charge in [0.05, 0.1) is 22.9 Å². The molecule has 2 atom stereocenters. The van der Waals surface area contributed by atoms with E-state index in [0.29, 0.717) is 10.8 Å². The second-order valence-electron chi connectivity index (χ2n) is 5.80. The molecule has 0 spiro atoms. The molecule has 6 nitrogen and oxygen atoms in total. The standard InChI is InChI=1S/C15H20N4O2S2/c1-9-4-19(5-10(2)21-9)6-12-7-23-15(17-12)18-14(20)13-8-22-11(3)16-13/h7-10H,4-6H2,1-3H3,(H,17,18,20). The van der Waals surface area contributed by atoms with Crippen molar-refractivity contribution in [3.63, 3.8) is 0 Å². The van der Waals surface area contributed by atoms with Gasteiger partial charge in [0.25, 0.3) is 5.91 Å². The predicted octanol–water partition coefficient (Wildman–Crippen LogP) is 2.77. The molecule has 124 valence electrons. The monoisotopic (exact) mass is 352 g/mol. The van der Waals surface area contributed by atoms with Crippen LogP contribution in [-0.4, -0.2) is 46.1 Å². The average molecular weight is 352 g/mol. The van der Waals surface area contributed by atoms with Crippen LogP contribution >= 0.6 is 22.7 Å². The Labute approximate surface area is 143 Å². The van der Waals surface area contributed by atoms with Crippen molar-refractivity contribution in [3.8, 4) is 0 Å². The van der Waals surface area contributed by atoms with E-state index in [1.807, 2.05) is 12.3 Å². The lowest BCUT2D eigenvalue weighted by Gasteiger charge is -2.34. The van der Waals surface area contributed by atoms with Crippen LogP contribution in [0.4, 0.5) is 5.13 Å². The van der Waals surface area contributed by atoms with E-state index in [4.69, 9.17) is 4.74 Å². The summed E-state index contributed by atoms with van der Waals surface area (Å²) in [6, 6.07) is 0. The molecule has 23 heavy (non-hydrogen) atoms. The van der Waals surface area contributed by atoms with Gasteiger partial charge in [0, 0.05) is 30.4 Å². The van der Waals surface area contributed by atoms with Crippen LogP contribution in [-0.2, 0) is 11.3 Å². The molecule has 0 bridgehead atoms. The van der Waals surface area contributed by atoms with E-state index < -0.39 is 0 Å². The number of thiazole rings is 2. The first-order chi connectivity index (χ1) is 11.0. The van der Waals surface area contributed by atoms with E-state index in [2.05, 4.69) is 34.0 Å². The molecule has 2 unspecified atom stereocenters. The molecule has 0 aromatic carbocycles. The van der Waals surface area contributed by atoms with Gasteiger partial charge in [-0.1, -0.05) is 0 Å². The number of aromatic nitrogens is 2. The Morgan fingerprint density at radius 3 is 2.70 bits per heavy atom. The van der Waals surface area contributed by atoms with Gasteiger partial charge in [-0.15, -0.1) is 22.7 Å². The summed E-state index contributed by atoms with van der Waals surface area (Å²) in [6.07, 6.45) is 0.480. The molecule has 0 radical (unpaired) electrons. The summed E-state index contributed by atoms with van der Waals surface area (Å²) in [5.41, 5.74) is 1.42. The van der Waals surface area contributed by atoms with E-state index in [1.54, 1.807) is 5.38 Å². The molecule has 1 amide bonds. The Morgan fingerprint density at radius 2 is 2.04 bits per heavy atom. The summed E-state index contributed by atoms with van der Waals surface area (Å²) in [5.74, 6) is -0.205. The number of amides is 1. The van der Waals surface area contributed by atoms with E-state index in [-0.39, 0.29) is 18.1 Å². The van der Waals surface area contributed by atoms with Crippen molar-refractivity contribution < 1.29 is 9.53 Å². The summed E-state index contributed by atoms with van der Waals surface area (Å²) >= 11 is 2.91. The predicted molar refractivity (Wildman–Crippen MR) is 92.2 cm³/mol. The maximum Gasteiger partial charge on any atom is 0.276 e. The zero-order valence-corrected chi connectivity index (χ0v) is 15.0. The van der Waals surface area contributed by atoms with Crippen LogP contribution in [0.5, 0.6) is 0 Å². The number of nitrogens with one attached hydrogen (secondary N) is 1. The molecule has 1 N–H and O–H groups in total. The quantitative estimate of drug-likeness (QED) is 0.916. The zero-order chi connectivity index (χ0) is 16.4. The molecule has 2 aromatic rings. The van der Waals surface area contributed by atoms with Crippen molar-refractivity contribution in [1.29, 1.82) is 0 Å². The first kappa shape index (κ1) is 16.5. The molecule has 3 heterocycles. The Hall–Kier alpha value is -1.35. The van der Waals surface area contributed by atoms with Gasteiger partial charge in [0.15, 0.2) is 5.13 Å². The van der Waals surface area contributed by atoms with Crippen LogP contribution in [0.25, 0.3) is 0 Å². The molecule has 1 aliphatic heterocycles. The number of hydrogen-bond donors (Lipinski definition) is 1. The fourth-order valence-electron chi connectivity index (χ4n) is 2.71. The van der Waals surface area contributed by atoms with Gasteiger partial charge in [-0.3, -0.25) is 15.0 Å². The summed E-state index contributed by atoms with van der Waals surface area (Å²) in [7, 11) is 0. The van der Waals surface area contributed by atoms with Crippen molar-refractivity contribution in [1.82, 2.24) is 14.9 Å². The smallest absolute Gasteiger partial charge is 0.276 e. The number of carbonyl (C=O) groups is 1. The van der Waals surface area contributed by atoms with Crippen molar-refractivity contribution in [2.75, 3.05) is 18.4 Å². The minimum absolute atomic E-state index is 0.205. The molecule has 0 aliphatic carbocycles. The van der Waals surface area contributed by atoms with Gasteiger partial charge >= 0.3 is 0 Å². The van der Waals surface area contributed by atoms with E-state index in [0.717, 1.165) is 30.3 Å². The fraction of sp³-hybridized carbons (Fsp3) is 0.533. The van der Waals surface area contributed by atoms with Crippen LogP contribution in [0.2, 0.25) is 0 Å². The highest BCUT2D eigenvalue weighted by atomic mass is 32.1. The van der Waals surface area contributed by atoms with Crippen LogP contribution in [0.1, 0.15) is 35.0 Å². The molecule has 1 aliphatic rings. The number of nitrogens with zero attached hydrogens (tertiary/aromatic N) is 3. The topological polar surface area (TPSA) is 67.4 Å². The lowest BCUT2D eigenvalue weighted by molar-refractivity contribution is -0.0707. The van der Waals surface area contributed by atoms with Crippen molar-refractivity contribution in [3.05, 3.63) is 27.2 Å². The molecule has 0 saturated carbocycles. The zero-order valence-electron chi connectivity index (χ0n) is 13.4. The first-order valence-corrected chi connectivity index (χ1v) is 9.31. The van der Waals surface area contributed by atoms with Gasteiger partial charge in [-0.05, 0) is 20.8 Å². The Bertz CT molecular complexity index is 675. The summed E-state index contributed by atoms with van der Waals surface area (Å²) < 4.78 is 5.74. The molecule has 3 rings (SSSR count). The number of morpholine rings is 1. The molecule has 2 aromatic heterocycles. The Morgan fingerprint density at radius 1 is 1.30 bits per heavy atom. The highest BCUT2D eigenvalue weighted by Crippen LogP contribution is 2.20. The van der Waals surface area contributed by atoms with Crippen molar-refractivity contribution >= 4 is 33.7 Å². The minimum Gasteiger partial charge on any atom is -0.373 e. The highest BCUT2D eigenvalue weighted by molar-refractivity contribution is 7.14. The molecular formula is C15H20N4O2S2. The number of carbonyl (C=O) groups excluding carboxylic acids is 1. The lowest BCUT2D eigenvalue weighted by atomic mass is 10.2. The molecule has 1 saturated heterocycles. The SMILES string of the molecule is Cc1nc(C(=O)Nc2nc(CN3CC(C)OC(C)C3)cs2)cs1. The van der Waals surface area contributed by atoms with Gasteiger partial charge in [0.1, 0.15) is 5.69 Å². The summed E-state index contributed by atoms with van der Waals surface area (Å²) in [4.78, 5) is 23.1. The third kappa shape index (κ3) is 4.35. The van der Waals surface area contributed by atoms with Gasteiger partial charge in [-0.25, -0.2) is 9.97 Å². The minimum atomic E-state index is -0.205. The lowest BCUT2D eigenvalue weighted by Crippen LogP contribution is -2.44. The van der Waals surface area contributed by atoms with Crippen LogP contribution in [0.15, 0.2) is 10.8 Å². The normalized spacial score (nSPS) is 22.2. The Balaban J connectivity index is 1.58. The van der Waals surface area contributed by atoms with Gasteiger partial charge < -0.3 is 4.74 Å². The fourth-order valence-corrected chi connectivity index (χ4v) is 4.00. The average Bonchev–Trinajstić information content (AvgIpc) is 3.07. The van der Waals surface area contributed by atoms with Crippen molar-refractivity contribution in [2.45, 2.75) is 39.5 Å². The first-order valence-electron chi connectivity index (χ1n) is 7.55. The number of aryl methyl sites for hydroxylation is 1. The third-order valence-corrected chi connectivity index (χ3v) is 5.08. The summed E-state index contributed by atoms with van der Waals surface area (Å²) in [5, 5.41) is 8.06. The van der Waals surface area contributed by atoms with Gasteiger partial charge in [0.2, 0.25) is 0 Å². The van der Waals surface area contributed by atoms with Crippen LogP contribution < -0.4 is 5.32 Å².